The van der Waals surface area contributed by atoms with E-state index in [-0.39, 0.29) is 5.91 Å². The van der Waals surface area contributed by atoms with Gasteiger partial charge in [0.25, 0.3) is 5.91 Å². The number of amides is 1. The highest BCUT2D eigenvalue weighted by Gasteiger charge is 2.50. The number of hydrogen-bond acceptors (Lipinski definition) is 2. The van der Waals surface area contributed by atoms with E-state index in [9.17, 15) is 4.79 Å². The minimum Gasteiger partial charge on any atom is -0.338 e. The minimum atomic E-state index is -0.591. The fourth-order valence-electron chi connectivity index (χ4n) is 2.83. The Labute approximate surface area is 113 Å². The van der Waals surface area contributed by atoms with Gasteiger partial charge in [0.05, 0.1) is 0 Å². The molecule has 2 aliphatic rings. The van der Waals surface area contributed by atoms with Gasteiger partial charge in [0.15, 0.2) is 5.96 Å². The molecule has 19 heavy (non-hydrogen) atoms. The van der Waals surface area contributed by atoms with E-state index in [2.05, 4.69) is 35.5 Å². The van der Waals surface area contributed by atoms with Crippen molar-refractivity contribution in [2.75, 3.05) is 6.54 Å². The SMILES string of the molecule is CC(C)CN=C1NC(=O)C2(CCc3ccccc32)N1. The summed E-state index contributed by atoms with van der Waals surface area (Å²) in [5.74, 6) is 1.13. The lowest BCUT2D eigenvalue weighted by Crippen LogP contribution is -2.41. The summed E-state index contributed by atoms with van der Waals surface area (Å²) in [5.41, 5.74) is 1.77. The van der Waals surface area contributed by atoms with E-state index in [1.807, 2.05) is 18.2 Å². The van der Waals surface area contributed by atoms with Gasteiger partial charge >= 0.3 is 0 Å². The number of hydrogen-bond donors (Lipinski definition) is 2. The summed E-state index contributed by atoms with van der Waals surface area (Å²) in [6.07, 6.45) is 1.74. The standard InChI is InChI=1S/C15H19N3O/c1-10(2)9-16-14-17-13(19)15(18-14)8-7-11-5-3-4-6-12(11)15/h3-6,10H,7-9H2,1-2H3,(H2,16,17,18,19). The van der Waals surface area contributed by atoms with Gasteiger partial charge in [0, 0.05) is 6.54 Å². The number of nitrogens with one attached hydrogen (secondary N) is 2. The summed E-state index contributed by atoms with van der Waals surface area (Å²) < 4.78 is 0. The van der Waals surface area contributed by atoms with Gasteiger partial charge in [0.2, 0.25) is 0 Å². The maximum Gasteiger partial charge on any atom is 0.257 e. The third kappa shape index (κ3) is 1.91. The maximum absolute atomic E-state index is 12.4. The third-order valence-electron chi connectivity index (χ3n) is 3.81. The summed E-state index contributed by atoms with van der Waals surface area (Å²) >= 11 is 0. The molecule has 1 spiro atoms. The molecule has 1 fully saturated rings. The number of guanidine groups is 1. The van der Waals surface area contributed by atoms with Gasteiger partial charge in [-0.3, -0.25) is 15.1 Å². The zero-order valence-corrected chi connectivity index (χ0v) is 11.4. The number of rotatable bonds is 2. The summed E-state index contributed by atoms with van der Waals surface area (Å²) in [4.78, 5) is 16.8. The molecule has 100 valence electrons. The molecule has 0 saturated carbocycles. The van der Waals surface area contributed by atoms with Crippen molar-refractivity contribution < 1.29 is 4.79 Å². The molecule has 2 N–H and O–H groups in total. The van der Waals surface area contributed by atoms with Crippen LogP contribution < -0.4 is 10.6 Å². The lowest BCUT2D eigenvalue weighted by atomic mass is 9.92. The summed E-state index contributed by atoms with van der Waals surface area (Å²) in [7, 11) is 0. The van der Waals surface area contributed by atoms with Gasteiger partial charge in [-0.2, -0.15) is 0 Å². The van der Waals surface area contributed by atoms with Crippen LogP contribution in [0.25, 0.3) is 0 Å². The van der Waals surface area contributed by atoms with Gasteiger partial charge in [-0.15, -0.1) is 0 Å². The fraction of sp³-hybridized carbons (Fsp3) is 0.467. The largest absolute Gasteiger partial charge is 0.338 e. The molecule has 0 bridgehead atoms. The molecule has 0 aromatic heterocycles. The zero-order valence-electron chi connectivity index (χ0n) is 11.4. The first-order valence-electron chi connectivity index (χ1n) is 6.84. The first kappa shape index (κ1) is 12.2. The highest BCUT2D eigenvalue weighted by atomic mass is 16.2. The van der Waals surface area contributed by atoms with Crippen molar-refractivity contribution in [3.63, 3.8) is 0 Å². The summed E-state index contributed by atoms with van der Waals surface area (Å²) in [5, 5.41) is 6.20. The monoisotopic (exact) mass is 257 g/mol. The van der Waals surface area contributed by atoms with Crippen LogP contribution in [0.3, 0.4) is 0 Å². The predicted molar refractivity (Wildman–Crippen MR) is 74.9 cm³/mol. The van der Waals surface area contributed by atoms with Crippen molar-refractivity contribution in [1.82, 2.24) is 10.6 Å². The molecule has 1 heterocycles. The second-order valence-corrected chi connectivity index (χ2v) is 5.72. The molecular weight excluding hydrogens is 238 g/mol. The summed E-state index contributed by atoms with van der Waals surface area (Å²) in [6.45, 7) is 4.95. The Balaban J connectivity index is 1.91. The fourth-order valence-corrected chi connectivity index (χ4v) is 2.83. The van der Waals surface area contributed by atoms with Crippen molar-refractivity contribution >= 4 is 11.9 Å². The topological polar surface area (TPSA) is 53.5 Å². The molecule has 1 saturated heterocycles. The molecule has 1 amide bonds. The van der Waals surface area contributed by atoms with E-state index >= 15 is 0 Å². The van der Waals surface area contributed by atoms with Gasteiger partial charge in [-0.25, -0.2) is 0 Å². The van der Waals surface area contributed by atoms with E-state index in [4.69, 9.17) is 0 Å². The van der Waals surface area contributed by atoms with Crippen LogP contribution >= 0.6 is 0 Å². The molecule has 4 nitrogen and oxygen atoms in total. The highest BCUT2D eigenvalue weighted by molar-refractivity contribution is 6.09. The Kier molecular flexibility index (Phi) is 2.81. The van der Waals surface area contributed by atoms with Gasteiger partial charge < -0.3 is 5.32 Å². The van der Waals surface area contributed by atoms with E-state index < -0.39 is 5.54 Å². The predicted octanol–water partition coefficient (Wildman–Crippen LogP) is 1.56. The number of carbonyl (C=O) groups excluding carboxylic acids is 1. The molecule has 1 atom stereocenters. The molecule has 1 unspecified atom stereocenters. The molecule has 4 heteroatoms. The molecule has 3 rings (SSSR count). The van der Waals surface area contributed by atoms with E-state index in [0.717, 1.165) is 24.9 Å². The van der Waals surface area contributed by atoms with Crippen LogP contribution in [0.5, 0.6) is 0 Å². The normalized spacial score (nSPS) is 26.9. The molecule has 1 aromatic carbocycles. The van der Waals surface area contributed by atoms with E-state index in [1.165, 1.54) is 5.56 Å². The van der Waals surface area contributed by atoms with E-state index in [1.54, 1.807) is 0 Å². The molecular formula is C15H19N3O. The van der Waals surface area contributed by atoms with Crippen LogP contribution in [-0.4, -0.2) is 18.4 Å². The van der Waals surface area contributed by atoms with Crippen molar-refractivity contribution in [1.29, 1.82) is 0 Å². The van der Waals surface area contributed by atoms with Crippen molar-refractivity contribution in [3.8, 4) is 0 Å². The maximum atomic E-state index is 12.4. The Morgan fingerprint density at radius 3 is 2.95 bits per heavy atom. The van der Waals surface area contributed by atoms with Gasteiger partial charge in [-0.1, -0.05) is 38.1 Å². The van der Waals surface area contributed by atoms with Crippen molar-refractivity contribution in [2.24, 2.45) is 10.9 Å². The average molecular weight is 257 g/mol. The second-order valence-electron chi connectivity index (χ2n) is 5.72. The lowest BCUT2D eigenvalue weighted by Gasteiger charge is -2.21. The average Bonchev–Trinajstić information content (AvgIpc) is 2.91. The zero-order chi connectivity index (χ0) is 13.5. The Morgan fingerprint density at radius 2 is 2.16 bits per heavy atom. The summed E-state index contributed by atoms with van der Waals surface area (Å²) in [6, 6.07) is 8.16. The van der Waals surface area contributed by atoms with Crippen molar-refractivity contribution in [3.05, 3.63) is 35.4 Å². The number of fused-ring (bicyclic) bond motifs is 2. The van der Waals surface area contributed by atoms with Crippen LogP contribution in [0.2, 0.25) is 0 Å². The van der Waals surface area contributed by atoms with Crippen LogP contribution in [-0.2, 0) is 16.8 Å². The number of carbonyl (C=O) groups is 1. The Bertz CT molecular complexity index is 550. The first-order valence-corrected chi connectivity index (χ1v) is 6.84. The highest BCUT2D eigenvalue weighted by Crippen LogP contribution is 2.38. The number of benzene rings is 1. The smallest absolute Gasteiger partial charge is 0.257 e. The van der Waals surface area contributed by atoms with Crippen LogP contribution in [0, 0.1) is 5.92 Å². The Hall–Kier alpha value is -1.84. The van der Waals surface area contributed by atoms with Crippen LogP contribution in [0.4, 0.5) is 0 Å². The van der Waals surface area contributed by atoms with Crippen LogP contribution in [0.1, 0.15) is 31.4 Å². The number of aliphatic imine (C=N–C) groups is 1. The number of nitrogens with zero attached hydrogens (tertiary/aromatic N) is 1. The molecule has 1 aliphatic heterocycles. The number of aryl methyl sites for hydroxylation is 1. The van der Waals surface area contributed by atoms with Gasteiger partial charge in [0.1, 0.15) is 5.54 Å². The molecule has 1 aliphatic carbocycles. The lowest BCUT2D eigenvalue weighted by molar-refractivity contribution is -0.124. The van der Waals surface area contributed by atoms with E-state index in [0.29, 0.717) is 11.9 Å². The van der Waals surface area contributed by atoms with Crippen molar-refractivity contribution in [2.45, 2.75) is 32.2 Å². The van der Waals surface area contributed by atoms with Gasteiger partial charge in [-0.05, 0) is 29.9 Å². The Morgan fingerprint density at radius 1 is 1.37 bits per heavy atom. The quantitative estimate of drug-likeness (QED) is 0.844. The minimum absolute atomic E-state index is 0.0277. The second kappa shape index (κ2) is 4.37. The molecule has 1 aromatic rings. The molecule has 0 radical (unpaired) electrons. The van der Waals surface area contributed by atoms with Crippen LogP contribution in [0.15, 0.2) is 29.3 Å². The first-order chi connectivity index (χ1) is 9.12. The third-order valence-corrected chi connectivity index (χ3v) is 3.81.